The Kier molecular flexibility index (Phi) is 4.84. The molecule has 0 unspecified atom stereocenters. The molecule has 1 amide bonds. The molecule has 8 heteroatoms. The molecule has 1 atom stereocenters. The van der Waals surface area contributed by atoms with Crippen LogP contribution in [0, 0.1) is 5.92 Å². The maximum Gasteiger partial charge on any atom is 0.260 e. The van der Waals surface area contributed by atoms with Crippen LogP contribution in [0.4, 0.5) is 0 Å². The second-order valence-corrected chi connectivity index (χ2v) is 8.73. The number of H-pyrrole nitrogens is 1. The zero-order chi connectivity index (χ0) is 17.4. The van der Waals surface area contributed by atoms with E-state index in [1.54, 1.807) is 16.2 Å². The van der Waals surface area contributed by atoms with Crippen molar-refractivity contribution in [1.29, 1.82) is 0 Å². The van der Waals surface area contributed by atoms with Crippen molar-refractivity contribution in [3.8, 4) is 0 Å². The molecule has 2 aromatic heterocycles. The molecule has 1 N–H and O–H groups in total. The lowest BCUT2D eigenvalue weighted by Gasteiger charge is -2.26. The molecular formula is C17H21N3O3S2. The first-order chi connectivity index (χ1) is 12.1. The van der Waals surface area contributed by atoms with Crippen molar-refractivity contribution < 1.29 is 9.53 Å². The van der Waals surface area contributed by atoms with Gasteiger partial charge in [0.2, 0.25) is 5.91 Å². The van der Waals surface area contributed by atoms with Crippen molar-refractivity contribution >= 4 is 39.2 Å². The number of hydrogen-bond acceptors (Lipinski definition) is 6. The minimum absolute atomic E-state index is 0.0651. The largest absolute Gasteiger partial charge is 0.378 e. The van der Waals surface area contributed by atoms with Crippen LogP contribution in [0.25, 0.3) is 10.2 Å². The molecule has 2 aliphatic rings. The third kappa shape index (κ3) is 3.47. The number of ether oxygens (including phenoxy) is 1. The van der Waals surface area contributed by atoms with Gasteiger partial charge in [-0.15, -0.1) is 11.3 Å². The predicted octanol–water partition coefficient (Wildman–Crippen LogP) is 2.06. The summed E-state index contributed by atoms with van der Waals surface area (Å²) >= 11 is 2.94. The Bertz CT molecular complexity index is 855. The van der Waals surface area contributed by atoms with E-state index >= 15 is 0 Å². The molecule has 0 saturated carbocycles. The fraction of sp³-hybridized carbons (Fsp3) is 0.588. The number of thiophene rings is 1. The van der Waals surface area contributed by atoms with Crippen molar-refractivity contribution in [2.45, 2.75) is 31.3 Å². The lowest BCUT2D eigenvalue weighted by Crippen LogP contribution is -2.41. The van der Waals surface area contributed by atoms with Gasteiger partial charge in [0.05, 0.1) is 24.4 Å². The van der Waals surface area contributed by atoms with Gasteiger partial charge in [0.1, 0.15) is 4.83 Å². The zero-order valence-corrected chi connectivity index (χ0v) is 15.8. The first kappa shape index (κ1) is 17.1. The number of thioether (sulfide) groups is 1. The van der Waals surface area contributed by atoms with Gasteiger partial charge in [-0.1, -0.05) is 18.7 Å². The van der Waals surface area contributed by atoms with Gasteiger partial charge < -0.3 is 14.6 Å². The first-order valence-corrected chi connectivity index (χ1v) is 10.4. The van der Waals surface area contributed by atoms with Crippen LogP contribution in [0.15, 0.2) is 9.95 Å². The van der Waals surface area contributed by atoms with E-state index in [2.05, 4.69) is 16.9 Å². The Hall–Kier alpha value is -1.38. The Morgan fingerprint density at radius 3 is 3.04 bits per heavy atom. The van der Waals surface area contributed by atoms with E-state index in [0.29, 0.717) is 37.4 Å². The smallest absolute Gasteiger partial charge is 0.260 e. The van der Waals surface area contributed by atoms with Gasteiger partial charge in [-0.2, -0.15) is 0 Å². The van der Waals surface area contributed by atoms with Crippen LogP contribution in [0.3, 0.4) is 0 Å². The van der Waals surface area contributed by atoms with E-state index in [1.807, 2.05) is 0 Å². The van der Waals surface area contributed by atoms with E-state index in [-0.39, 0.29) is 17.2 Å². The van der Waals surface area contributed by atoms with Crippen LogP contribution in [-0.4, -0.2) is 52.8 Å². The van der Waals surface area contributed by atoms with Crippen molar-refractivity contribution in [3.63, 3.8) is 0 Å². The molecule has 0 bridgehead atoms. The van der Waals surface area contributed by atoms with Gasteiger partial charge >= 0.3 is 0 Å². The van der Waals surface area contributed by atoms with Gasteiger partial charge in [0.25, 0.3) is 5.56 Å². The predicted molar refractivity (Wildman–Crippen MR) is 99.6 cm³/mol. The summed E-state index contributed by atoms with van der Waals surface area (Å²) in [6.07, 6.45) is 3.12. The van der Waals surface area contributed by atoms with Crippen LogP contribution in [0.5, 0.6) is 0 Å². The van der Waals surface area contributed by atoms with Gasteiger partial charge in [-0.25, -0.2) is 4.98 Å². The fourth-order valence-corrected chi connectivity index (χ4v) is 5.64. The highest BCUT2D eigenvalue weighted by Gasteiger charge is 2.23. The maximum absolute atomic E-state index is 12.5. The SMILES string of the molecule is C[C@@H]1CCc2c(sc3nc(SCC(=O)N4CCOCC4)[nH]c(=O)c23)C1. The van der Waals surface area contributed by atoms with Crippen molar-refractivity contribution in [1.82, 2.24) is 14.9 Å². The van der Waals surface area contributed by atoms with Gasteiger partial charge in [-0.3, -0.25) is 9.59 Å². The van der Waals surface area contributed by atoms with E-state index in [4.69, 9.17) is 4.74 Å². The molecule has 0 radical (unpaired) electrons. The average Bonchev–Trinajstić information content (AvgIpc) is 2.98. The summed E-state index contributed by atoms with van der Waals surface area (Å²) < 4.78 is 5.26. The molecule has 134 valence electrons. The van der Waals surface area contributed by atoms with E-state index in [1.165, 1.54) is 22.2 Å². The van der Waals surface area contributed by atoms with Gasteiger partial charge in [-0.05, 0) is 30.7 Å². The Morgan fingerprint density at radius 2 is 2.24 bits per heavy atom. The Labute approximate surface area is 154 Å². The number of fused-ring (bicyclic) bond motifs is 3. The number of carbonyl (C=O) groups is 1. The third-order valence-electron chi connectivity index (χ3n) is 4.84. The number of aryl methyl sites for hydroxylation is 1. The normalized spacial score (nSPS) is 20.7. The molecule has 1 fully saturated rings. The van der Waals surface area contributed by atoms with Crippen LogP contribution < -0.4 is 5.56 Å². The number of rotatable bonds is 3. The van der Waals surface area contributed by atoms with Gasteiger partial charge in [0, 0.05) is 18.0 Å². The number of morpholine rings is 1. The summed E-state index contributed by atoms with van der Waals surface area (Å²) in [7, 11) is 0. The topological polar surface area (TPSA) is 75.3 Å². The number of nitrogens with one attached hydrogen (secondary N) is 1. The molecule has 1 saturated heterocycles. The van der Waals surface area contributed by atoms with Crippen LogP contribution in [-0.2, 0) is 22.4 Å². The van der Waals surface area contributed by atoms with Gasteiger partial charge in [0.15, 0.2) is 5.16 Å². The molecule has 1 aliphatic heterocycles. The summed E-state index contributed by atoms with van der Waals surface area (Å²) in [5.41, 5.74) is 1.12. The van der Waals surface area contributed by atoms with E-state index in [9.17, 15) is 9.59 Å². The summed E-state index contributed by atoms with van der Waals surface area (Å²) in [6.45, 7) is 4.72. The lowest BCUT2D eigenvalue weighted by atomic mass is 9.89. The molecule has 0 aromatic carbocycles. The second-order valence-electron chi connectivity index (χ2n) is 6.68. The minimum atomic E-state index is -0.0709. The minimum Gasteiger partial charge on any atom is -0.378 e. The number of amides is 1. The quantitative estimate of drug-likeness (QED) is 0.653. The van der Waals surface area contributed by atoms with E-state index in [0.717, 1.165) is 29.5 Å². The second kappa shape index (κ2) is 7.09. The molecule has 6 nitrogen and oxygen atoms in total. The molecule has 0 spiro atoms. The molecular weight excluding hydrogens is 358 g/mol. The van der Waals surface area contributed by atoms with Crippen molar-refractivity contribution in [2.75, 3.05) is 32.1 Å². The van der Waals surface area contributed by atoms with Crippen LogP contribution in [0.1, 0.15) is 23.8 Å². The summed E-state index contributed by atoms with van der Waals surface area (Å²) in [5.74, 6) is 1.02. The molecule has 4 rings (SSSR count). The molecule has 3 heterocycles. The molecule has 1 aliphatic carbocycles. The summed E-state index contributed by atoms with van der Waals surface area (Å²) in [6, 6.07) is 0. The number of aromatic nitrogens is 2. The van der Waals surface area contributed by atoms with Crippen LogP contribution in [0.2, 0.25) is 0 Å². The van der Waals surface area contributed by atoms with Crippen LogP contribution >= 0.6 is 23.1 Å². The maximum atomic E-state index is 12.5. The van der Waals surface area contributed by atoms with Crippen molar-refractivity contribution in [3.05, 3.63) is 20.8 Å². The standard InChI is InChI=1S/C17H21N3O3S2/c1-10-2-3-11-12(8-10)25-16-14(11)15(22)18-17(19-16)24-9-13(21)20-4-6-23-7-5-20/h10H,2-9H2,1H3,(H,18,19,22)/t10-/m1/s1. The lowest BCUT2D eigenvalue weighted by molar-refractivity contribution is -0.132. The molecule has 25 heavy (non-hydrogen) atoms. The highest BCUT2D eigenvalue weighted by molar-refractivity contribution is 7.99. The number of nitrogens with zero attached hydrogens (tertiary/aromatic N) is 2. The highest BCUT2D eigenvalue weighted by Crippen LogP contribution is 2.36. The molecule has 2 aromatic rings. The fourth-order valence-electron chi connectivity index (χ4n) is 3.43. The Balaban J connectivity index is 1.53. The Morgan fingerprint density at radius 1 is 1.44 bits per heavy atom. The summed E-state index contributed by atoms with van der Waals surface area (Å²) in [5, 5.41) is 1.29. The number of hydrogen-bond donors (Lipinski definition) is 1. The first-order valence-electron chi connectivity index (χ1n) is 8.64. The summed E-state index contributed by atoms with van der Waals surface area (Å²) in [4.78, 5) is 36.2. The monoisotopic (exact) mass is 379 g/mol. The van der Waals surface area contributed by atoms with Crippen molar-refractivity contribution in [2.24, 2.45) is 5.92 Å². The van der Waals surface area contributed by atoms with E-state index < -0.39 is 0 Å². The zero-order valence-electron chi connectivity index (χ0n) is 14.2. The highest BCUT2D eigenvalue weighted by atomic mass is 32.2. The average molecular weight is 380 g/mol. The third-order valence-corrected chi connectivity index (χ3v) is 6.85. The number of aromatic amines is 1. The number of carbonyl (C=O) groups excluding carboxylic acids is 1.